The maximum absolute atomic E-state index is 10.3. The molecule has 5 aliphatic carbocycles. The Morgan fingerprint density at radius 1 is 1.11 bits per heavy atom. The zero-order valence-corrected chi connectivity index (χ0v) is 18.4. The van der Waals surface area contributed by atoms with Gasteiger partial charge in [-0.25, -0.2) is 0 Å². The molecule has 0 unspecified atom stereocenters. The molecule has 5 rings (SSSR count). The Morgan fingerprint density at radius 2 is 1.89 bits per heavy atom. The van der Waals surface area contributed by atoms with Crippen LogP contribution in [0.4, 0.5) is 0 Å². The Balaban J connectivity index is 1.51. The molecule has 150 valence electrons. The van der Waals surface area contributed by atoms with Crippen LogP contribution in [0, 0.1) is 34.5 Å². The molecule has 2 heteroatoms. The van der Waals surface area contributed by atoms with Crippen molar-refractivity contribution in [3.8, 4) is 0 Å². The lowest BCUT2D eigenvalue weighted by atomic mass is 9.45. The van der Waals surface area contributed by atoms with Gasteiger partial charge in [-0.2, -0.15) is 0 Å². The van der Waals surface area contributed by atoms with E-state index in [0.717, 1.165) is 48.3 Å². The first-order valence-corrected chi connectivity index (χ1v) is 11.8. The molecule has 0 radical (unpaired) electrons. The number of aliphatic hydroxyl groups is 1. The van der Waals surface area contributed by atoms with Crippen molar-refractivity contribution in [2.75, 3.05) is 0 Å². The Labute approximate surface area is 175 Å². The maximum atomic E-state index is 10.3. The fourth-order valence-electron chi connectivity index (χ4n) is 7.77. The minimum absolute atomic E-state index is 0.121. The highest BCUT2D eigenvalue weighted by atomic mass is 32.1. The van der Waals surface area contributed by atoms with E-state index in [-0.39, 0.29) is 11.5 Å². The van der Waals surface area contributed by atoms with Crippen LogP contribution in [-0.4, -0.2) is 16.1 Å². The van der Waals surface area contributed by atoms with Gasteiger partial charge in [0, 0.05) is 11.3 Å². The molecule has 7 atom stereocenters. The number of allylic oxidation sites excluding steroid dienone is 7. The monoisotopic (exact) mass is 394 g/mol. The van der Waals surface area contributed by atoms with Crippen LogP contribution in [0.1, 0.15) is 65.7 Å². The first-order chi connectivity index (χ1) is 13.3. The Kier molecular flexibility index (Phi) is 4.41. The summed E-state index contributed by atoms with van der Waals surface area (Å²) in [4.78, 5) is 1.13. The summed E-state index contributed by atoms with van der Waals surface area (Å²) in [7, 11) is 0. The second-order valence-electron chi connectivity index (χ2n) is 10.6. The molecule has 0 bridgehead atoms. The van der Waals surface area contributed by atoms with E-state index in [2.05, 4.69) is 51.2 Å². The van der Waals surface area contributed by atoms with Crippen molar-refractivity contribution in [2.24, 2.45) is 34.5 Å². The topological polar surface area (TPSA) is 20.2 Å². The van der Waals surface area contributed by atoms with Crippen molar-refractivity contribution in [3.05, 3.63) is 47.1 Å². The molecule has 0 aromatic carbocycles. The number of thiocarbonyl (C=S) groups is 1. The zero-order chi connectivity index (χ0) is 19.7. The molecule has 5 aliphatic rings. The van der Waals surface area contributed by atoms with Crippen molar-refractivity contribution in [3.63, 3.8) is 0 Å². The molecule has 0 aromatic rings. The van der Waals surface area contributed by atoms with E-state index in [4.69, 9.17) is 12.2 Å². The predicted octanol–water partition coefficient (Wildman–Crippen LogP) is 6.35. The standard InChI is InChI=1S/C26H34OS/c1-16-14-17-15-18(27)10-12-25(17,2)22-11-13-26(3)20(8-9-21(26)24(16)22)19-6-4-5-7-23(19)28/h4-6,8,14,16,18,21-22,24,27H,7,9-13,15H2,1-3H3/t16-,18-,21-,22-,24-,25-,26+/m0/s1. The van der Waals surface area contributed by atoms with Gasteiger partial charge in [0.2, 0.25) is 0 Å². The van der Waals surface area contributed by atoms with Crippen LogP contribution in [0.5, 0.6) is 0 Å². The molecular formula is C26H34OS. The van der Waals surface area contributed by atoms with Crippen molar-refractivity contribution in [1.82, 2.24) is 0 Å². The molecule has 0 heterocycles. The summed E-state index contributed by atoms with van der Waals surface area (Å²) in [6.45, 7) is 7.50. The van der Waals surface area contributed by atoms with Crippen LogP contribution in [0.15, 0.2) is 47.1 Å². The Bertz CT molecular complexity index is 829. The third kappa shape index (κ3) is 2.56. The van der Waals surface area contributed by atoms with E-state index >= 15 is 0 Å². The van der Waals surface area contributed by atoms with Gasteiger partial charge in [0.25, 0.3) is 0 Å². The van der Waals surface area contributed by atoms with Gasteiger partial charge in [-0.05, 0) is 84.2 Å². The normalized spacial score (nSPS) is 47.5. The smallest absolute Gasteiger partial charge is 0.0577 e. The van der Waals surface area contributed by atoms with Crippen LogP contribution in [0.2, 0.25) is 0 Å². The summed E-state index contributed by atoms with van der Waals surface area (Å²) in [6, 6.07) is 0. The van der Waals surface area contributed by atoms with Crippen LogP contribution >= 0.6 is 12.2 Å². The lowest BCUT2D eigenvalue weighted by Gasteiger charge is -2.59. The van der Waals surface area contributed by atoms with Crippen molar-refractivity contribution < 1.29 is 5.11 Å². The summed E-state index contributed by atoms with van der Waals surface area (Å²) < 4.78 is 0. The highest BCUT2D eigenvalue weighted by Gasteiger charge is 2.58. The van der Waals surface area contributed by atoms with Crippen LogP contribution in [0.25, 0.3) is 0 Å². The van der Waals surface area contributed by atoms with E-state index in [9.17, 15) is 5.11 Å². The summed E-state index contributed by atoms with van der Waals surface area (Å²) in [5.74, 6) is 2.87. The first-order valence-electron chi connectivity index (χ1n) is 11.3. The van der Waals surface area contributed by atoms with E-state index in [1.807, 2.05) is 0 Å². The minimum Gasteiger partial charge on any atom is -0.393 e. The van der Waals surface area contributed by atoms with Crippen molar-refractivity contribution >= 4 is 17.1 Å². The number of hydrogen-bond acceptors (Lipinski definition) is 2. The molecule has 0 aromatic heterocycles. The number of hydrogen-bond donors (Lipinski definition) is 1. The Hall–Kier alpha value is -0.990. The van der Waals surface area contributed by atoms with Crippen LogP contribution in [-0.2, 0) is 0 Å². The molecule has 1 nitrogen and oxygen atoms in total. The summed E-state index contributed by atoms with van der Waals surface area (Å²) in [6.07, 6.45) is 19.4. The van der Waals surface area contributed by atoms with Crippen LogP contribution in [0.3, 0.4) is 0 Å². The van der Waals surface area contributed by atoms with Crippen molar-refractivity contribution in [1.29, 1.82) is 0 Å². The summed E-state index contributed by atoms with van der Waals surface area (Å²) in [5.41, 5.74) is 5.05. The third-order valence-electron chi connectivity index (χ3n) is 9.28. The number of fused-ring (bicyclic) bond motifs is 5. The van der Waals surface area contributed by atoms with Gasteiger partial charge >= 0.3 is 0 Å². The average Bonchev–Trinajstić information content (AvgIpc) is 3.01. The highest BCUT2D eigenvalue weighted by molar-refractivity contribution is 7.80. The molecule has 0 saturated heterocycles. The minimum atomic E-state index is -0.121. The second-order valence-corrected chi connectivity index (χ2v) is 11.1. The van der Waals surface area contributed by atoms with Crippen LogP contribution < -0.4 is 0 Å². The van der Waals surface area contributed by atoms with Crippen molar-refractivity contribution in [2.45, 2.75) is 71.8 Å². The van der Waals surface area contributed by atoms with E-state index in [1.165, 1.54) is 24.8 Å². The molecule has 1 N–H and O–H groups in total. The van der Waals surface area contributed by atoms with Gasteiger partial charge in [0.05, 0.1) is 6.10 Å². The molecule has 28 heavy (non-hydrogen) atoms. The fourth-order valence-corrected chi connectivity index (χ4v) is 8.04. The third-order valence-corrected chi connectivity index (χ3v) is 9.67. The zero-order valence-electron chi connectivity index (χ0n) is 17.6. The van der Waals surface area contributed by atoms with E-state index in [0.29, 0.717) is 11.3 Å². The number of rotatable bonds is 1. The summed E-state index contributed by atoms with van der Waals surface area (Å²) >= 11 is 5.76. The molecule has 0 aliphatic heterocycles. The molecule has 0 spiro atoms. The van der Waals surface area contributed by atoms with E-state index in [1.54, 1.807) is 11.1 Å². The quantitative estimate of drug-likeness (QED) is 0.413. The van der Waals surface area contributed by atoms with Gasteiger partial charge < -0.3 is 5.11 Å². The molecular weight excluding hydrogens is 360 g/mol. The van der Waals surface area contributed by atoms with Gasteiger partial charge in [-0.15, -0.1) is 0 Å². The van der Waals surface area contributed by atoms with E-state index < -0.39 is 0 Å². The second kappa shape index (κ2) is 6.51. The SMILES string of the molecule is C[C@H]1C=C2C[C@@H](O)CC[C@]2(C)[C@H]2CC[C@]3(C)C(C4=CC=CCC4=S)=CC[C@H]3[C@H]12. The summed E-state index contributed by atoms with van der Waals surface area (Å²) in [5, 5.41) is 10.3. The molecule has 0 amide bonds. The molecule has 2 fully saturated rings. The average molecular weight is 395 g/mol. The maximum Gasteiger partial charge on any atom is 0.0577 e. The molecule has 2 saturated carbocycles. The van der Waals surface area contributed by atoms with Gasteiger partial charge in [0.1, 0.15) is 0 Å². The van der Waals surface area contributed by atoms with Gasteiger partial charge in [0.15, 0.2) is 0 Å². The Morgan fingerprint density at radius 3 is 2.68 bits per heavy atom. The largest absolute Gasteiger partial charge is 0.393 e. The highest BCUT2D eigenvalue weighted by Crippen LogP contribution is 2.66. The van der Waals surface area contributed by atoms with Gasteiger partial charge in [-0.1, -0.05) is 68.9 Å². The first kappa shape index (κ1) is 19.0. The predicted molar refractivity (Wildman–Crippen MR) is 120 cm³/mol. The van der Waals surface area contributed by atoms with Gasteiger partial charge in [-0.3, -0.25) is 0 Å². The lowest BCUT2D eigenvalue weighted by molar-refractivity contribution is -0.0471. The fraction of sp³-hybridized carbons (Fsp3) is 0.654. The number of aliphatic hydroxyl groups excluding tert-OH is 1. The lowest BCUT2D eigenvalue weighted by Crippen LogP contribution is -2.52.